The van der Waals surface area contributed by atoms with E-state index in [2.05, 4.69) is 5.10 Å². The van der Waals surface area contributed by atoms with Crippen molar-refractivity contribution in [3.63, 3.8) is 0 Å². The molecule has 1 amide bonds. The number of rotatable bonds is 3. The molecule has 2 heterocycles. The highest BCUT2D eigenvalue weighted by Gasteiger charge is 2.33. The average Bonchev–Trinajstić information content (AvgIpc) is 3.15. The Bertz CT molecular complexity index is 652. The van der Waals surface area contributed by atoms with E-state index in [9.17, 15) is 9.18 Å². The van der Waals surface area contributed by atoms with Crippen LogP contribution in [0.5, 0.6) is 0 Å². The highest BCUT2D eigenvalue weighted by atomic mass is 19.1. The molecule has 1 fully saturated rings. The first-order valence-corrected chi connectivity index (χ1v) is 7.29. The topological polar surface area (TPSA) is 38.1 Å². The van der Waals surface area contributed by atoms with E-state index >= 15 is 0 Å². The van der Waals surface area contributed by atoms with Crippen molar-refractivity contribution in [3.05, 3.63) is 53.6 Å². The van der Waals surface area contributed by atoms with Gasteiger partial charge in [-0.2, -0.15) is 5.10 Å². The molecule has 0 spiro atoms. The Morgan fingerprint density at radius 1 is 1.38 bits per heavy atom. The molecule has 1 aromatic carbocycles. The molecule has 2 aromatic rings. The van der Waals surface area contributed by atoms with Gasteiger partial charge in [0, 0.05) is 19.3 Å². The molecule has 1 saturated heterocycles. The van der Waals surface area contributed by atoms with Gasteiger partial charge >= 0.3 is 0 Å². The Kier molecular flexibility index (Phi) is 3.73. The summed E-state index contributed by atoms with van der Waals surface area (Å²) in [6.45, 7) is 3.45. The number of hydrogen-bond donors (Lipinski definition) is 0. The maximum atomic E-state index is 13.8. The van der Waals surface area contributed by atoms with Crippen molar-refractivity contribution in [2.75, 3.05) is 6.54 Å². The van der Waals surface area contributed by atoms with Crippen LogP contribution in [-0.2, 0) is 6.54 Å². The molecule has 1 atom stereocenters. The van der Waals surface area contributed by atoms with Crippen LogP contribution >= 0.6 is 0 Å². The molecule has 1 aliphatic heterocycles. The Morgan fingerprint density at radius 2 is 2.19 bits per heavy atom. The van der Waals surface area contributed by atoms with Gasteiger partial charge in [-0.3, -0.25) is 9.48 Å². The second kappa shape index (κ2) is 5.68. The van der Waals surface area contributed by atoms with E-state index in [-0.39, 0.29) is 17.5 Å². The Labute approximate surface area is 123 Å². The third-order valence-electron chi connectivity index (χ3n) is 4.01. The third kappa shape index (κ3) is 2.44. The van der Waals surface area contributed by atoms with E-state index in [1.54, 1.807) is 29.3 Å². The van der Waals surface area contributed by atoms with E-state index in [4.69, 9.17) is 0 Å². The van der Waals surface area contributed by atoms with Crippen molar-refractivity contribution >= 4 is 5.91 Å². The molecule has 0 N–H and O–H groups in total. The number of carbonyl (C=O) groups is 1. The lowest BCUT2D eigenvalue weighted by Crippen LogP contribution is -2.32. The maximum Gasteiger partial charge on any atom is 0.257 e. The van der Waals surface area contributed by atoms with Gasteiger partial charge < -0.3 is 4.90 Å². The molecule has 0 unspecified atom stereocenters. The van der Waals surface area contributed by atoms with Gasteiger partial charge in [-0.05, 0) is 38.0 Å². The summed E-state index contributed by atoms with van der Waals surface area (Å²) >= 11 is 0. The summed E-state index contributed by atoms with van der Waals surface area (Å²) < 4.78 is 15.7. The normalized spacial score (nSPS) is 18.2. The molecule has 21 heavy (non-hydrogen) atoms. The number of aromatic nitrogens is 2. The number of likely N-dealkylation sites (tertiary alicyclic amines) is 1. The second-order valence-electron chi connectivity index (χ2n) is 5.21. The monoisotopic (exact) mass is 287 g/mol. The maximum absolute atomic E-state index is 13.8. The molecule has 1 aliphatic rings. The number of hydrogen-bond acceptors (Lipinski definition) is 2. The largest absolute Gasteiger partial charge is 0.330 e. The van der Waals surface area contributed by atoms with Crippen LogP contribution in [0.15, 0.2) is 36.5 Å². The van der Waals surface area contributed by atoms with Crippen LogP contribution < -0.4 is 0 Å². The summed E-state index contributed by atoms with van der Waals surface area (Å²) in [5.41, 5.74) is 1.17. The van der Waals surface area contributed by atoms with E-state index in [1.807, 2.05) is 17.7 Å². The van der Waals surface area contributed by atoms with Crippen molar-refractivity contribution in [2.24, 2.45) is 0 Å². The van der Waals surface area contributed by atoms with Gasteiger partial charge in [0.1, 0.15) is 5.82 Å². The van der Waals surface area contributed by atoms with E-state index in [0.717, 1.165) is 25.1 Å². The lowest BCUT2D eigenvalue weighted by atomic mass is 10.1. The molecule has 3 rings (SSSR count). The van der Waals surface area contributed by atoms with E-state index in [0.29, 0.717) is 6.54 Å². The van der Waals surface area contributed by atoms with Gasteiger partial charge in [-0.1, -0.05) is 12.1 Å². The Balaban J connectivity index is 1.91. The van der Waals surface area contributed by atoms with Crippen LogP contribution in [0.1, 0.15) is 41.9 Å². The minimum absolute atomic E-state index is 0.0143. The molecule has 0 saturated carbocycles. The molecule has 110 valence electrons. The summed E-state index contributed by atoms with van der Waals surface area (Å²) in [6, 6.07) is 8.09. The smallest absolute Gasteiger partial charge is 0.257 e. The fraction of sp³-hybridized carbons (Fsp3) is 0.375. The zero-order valence-corrected chi connectivity index (χ0v) is 12.0. The van der Waals surface area contributed by atoms with Gasteiger partial charge in [0.15, 0.2) is 0 Å². The SMILES string of the molecule is CCn1nccc1[C@H]1CCCN1C(=O)c1ccccc1F. The van der Waals surface area contributed by atoms with Crippen molar-refractivity contribution < 1.29 is 9.18 Å². The van der Waals surface area contributed by atoms with Crippen LogP contribution in [0.25, 0.3) is 0 Å². The van der Waals surface area contributed by atoms with Crippen LogP contribution in [0.3, 0.4) is 0 Å². The number of carbonyl (C=O) groups excluding carboxylic acids is 1. The van der Waals surface area contributed by atoms with Crippen LogP contribution in [-0.4, -0.2) is 27.1 Å². The zero-order valence-electron chi connectivity index (χ0n) is 12.0. The van der Waals surface area contributed by atoms with Crippen LogP contribution in [0.4, 0.5) is 4.39 Å². The minimum atomic E-state index is -0.461. The summed E-state index contributed by atoms with van der Waals surface area (Å²) in [7, 11) is 0. The molecule has 4 nitrogen and oxygen atoms in total. The number of nitrogens with zero attached hydrogens (tertiary/aromatic N) is 3. The summed E-state index contributed by atoms with van der Waals surface area (Å²) in [5.74, 6) is -0.698. The summed E-state index contributed by atoms with van der Waals surface area (Å²) in [4.78, 5) is 14.4. The summed E-state index contributed by atoms with van der Waals surface area (Å²) in [6.07, 6.45) is 3.58. The predicted molar refractivity (Wildman–Crippen MR) is 77.3 cm³/mol. The van der Waals surface area contributed by atoms with Gasteiger partial charge in [0.05, 0.1) is 17.3 Å². The zero-order chi connectivity index (χ0) is 14.8. The van der Waals surface area contributed by atoms with Crippen molar-refractivity contribution in [1.82, 2.24) is 14.7 Å². The molecule has 0 bridgehead atoms. The third-order valence-corrected chi connectivity index (χ3v) is 4.01. The Hall–Kier alpha value is -2.17. The molecular formula is C16H18FN3O. The van der Waals surface area contributed by atoms with Crippen LogP contribution in [0.2, 0.25) is 0 Å². The van der Waals surface area contributed by atoms with Gasteiger partial charge in [0.25, 0.3) is 5.91 Å². The molecule has 5 heteroatoms. The van der Waals surface area contributed by atoms with Gasteiger partial charge in [-0.25, -0.2) is 4.39 Å². The fourth-order valence-electron chi connectivity index (χ4n) is 3.00. The lowest BCUT2D eigenvalue weighted by Gasteiger charge is -2.25. The van der Waals surface area contributed by atoms with Crippen molar-refractivity contribution in [1.29, 1.82) is 0 Å². The highest BCUT2D eigenvalue weighted by molar-refractivity contribution is 5.94. The first-order chi connectivity index (χ1) is 10.2. The Morgan fingerprint density at radius 3 is 2.95 bits per heavy atom. The minimum Gasteiger partial charge on any atom is -0.330 e. The van der Waals surface area contributed by atoms with Gasteiger partial charge in [-0.15, -0.1) is 0 Å². The average molecular weight is 287 g/mol. The van der Waals surface area contributed by atoms with E-state index < -0.39 is 5.82 Å². The number of amides is 1. The molecular weight excluding hydrogens is 269 g/mol. The first-order valence-electron chi connectivity index (χ1n) is 7.29. The second-order valence-corrected chi connectivity index (χ2v) is 5.21. The number of benzene rings is 1. The summed E-state index contributed by atoms with van der Waals surface area (Å²) in [5, 5.41) is 4.27. The van der Waals surface area contributed by atoms with Gasteiger partial charge in [0.2, 0.25) is 0 Å². The fourth-order valence-corrected chi connectivity index (χ4v) is 3.00. The number of halogens is 1. The quantitative estimate of drug-likeness (QED) is 0.870. The van der Waals surface area contributed by atoms with Crippen molar-refractivity contribution in [2.45, 2.75) is 32.4 Å². The van der Waals surface area contributed by atoms with Crippen molar-refractivity contribution in [3.8, 4) is 0 Å². The lowest BCUT2D eigenvalue weighted by molar-refractivity contribution is 0.0725. The molecule has 1 aromatic heterocycles. The molecule has 0 aliphatic carbocycles. The standard InChI is InChI=1S/C16H18FN3O/c1-2-20-15(9-10-18-20)14-8-5-11-19(14)16(21)12-6-3-4-7-13(12)17/h3-4,6-7,9-10,14H,2,5,8,11H2,1H3/t14-/m1/s1. The predicted octanol–water partition coefficient (Wildman–Crippen LogP) is 3.02. The first kappa shape index (κ1) is 13.8. The molecule has 0 radical (unpaired) electrons. The number of aryl methyl sites for hydroxylation is 1. The van der Waals surface area contributed by atoms with E-state index in [1.165, 1.54) is 6.07 Å². The highest BCUT2D eigenvalue weighted by Crippen LogP contribution is 2.33. The van der Waals surface area contributed by atoms with Crippen LogP contribution in [0, 0.1) is 5.82 Å².